The molecule has 0 radical (unpaired) electrons. The highest BCUT2D eigenvalue weighted by atomic mass is 79.9. The second-order valence-corrected chi connectivity index (χ2v) is 6.31. The van der Waals surface area contributed by atoms with E-state index in [1.54, 1.807) is 0 Å². The van der Waals surface area contributed by atoms with Crippen LogP contribution in [-0.4, -0.2) is 25.0 Å². The molecule has 1 amide bonds. The first-order chi connectivity index (χ1) is 8.50. The maximum absolute atomic E-state index is 12.3. The number of hydrogen-bond donors (Lipinski definition) is 2. The second-order valence-electron chi connectivity index (χ2n) is 5.46. The number of amides is 1. The summed E-state index contributed by atoms with van der Waals surface area (Å²) in [5.74, 6) is 0.00227. The Hall–Kier alpha value is -0.870. The van der Waals surface area contributed by atoms with E-state index in [1.165, 1.54) is 0 Å². The molecule has 2 N–H and O–H groups in total. The fraction of sp³-hybridized carbons (Fsp3) is 0.500. The Morgan fingerprint density at radius 3 is 2.83 bits per heavy atom. The van der Waals surface area contributed by atoms with Crippen molar-refractivity contribution in [2.45, 2.75) is 26.3 Å². The average Bonchev–Trinajstić information content (AvgIpc) is 2.32. The Kier molecular flexibility index (Phi) is 4.07. The summed E-state index contributed by atoms with van der Waals surface area (Å²) >= 11 is 3.42. The Bertz CT molecular complexity index is 445. The standard InChI is InChI=1S/C14H19BrN2O/c1-14(2)9-16-8-7-12(14)17-13(18)10-5-3-4-6-11(10)15/h3-6,12,16H,7-9H2,1-2H3,(H,17,18). The van der Waals surface area contributed by atoms with E-state index >= 15 is 0 Å². The lowest BCUT2D eigenvalue weighted by molar-refractivity contribution is 0.0868. The highest BCUT2D eigenvalue weighted by Gasteiger charge is 2.33. The van der Waals surface area contributed by atoms with Crippen LogP contribution in [0.4, 0.5) is 0 Å². The van der Waals surface area contributed by atoms with E-state index in [0.29, 0.717) is 5.56 Å². The third kappa shape index (κ3) is 2.93. The van der Waals surface area contributed by atoms with Gasteiger partial charge in [0.2, 0.25) is 0 Å². The van der Waals surface area contributed by atoms with E-state index < -0.39 is 0 Å². The van der Waals surface area contributed by atoms with Gasteiger partial charge in [-0.3, -0.25) is 4.79 Å². The van der Waals surface area contributed by atoms with Crippen LogP contribution in [-0.2, 0) is 0 Å². The number of nitrogens with one attached hydrogen (secondary N) is 2. The Morgan fingerprint density at radius 1 is 1.44 bits per heavy atom. The molecule has 3 nitrogen and oxygen atoms in total. The van der Waals surface area contributed by atoms with Crippen molar-refractivity contribution in [2.24, 2.45) is 5.41 Å². The maximum Gasteiger partial charge on any atom is 0.252 e. The number of benzene rings is 1. The molecule has 18 heavy (non-hydrogen) atoms. The van der Waals surface area contributed by atoms with Gasteiger partial charge in [0, 0.05) is 17.1 Å². The minimum atomic E-state index is 0.00227. The molecule has 4 heteroatoms. The molecule has 0 saturated carbocycles. The van der Waals surface area contributed by atoms with Crippen molar-refractivity contribution in [3.63, 3.8) is 0 Å². The first kappa shape index (κ1) is 13.6. The van der Waals surface area contributed by atoms with E-state index in [4.69, 9.17) is 0 Å². The zero-order valence-electron chi connectivity index (χ0n) is 10.8. The van der Waals surface area contributed by atoms with Gasteiger partial charge in [-0.25, -0.2) is 0 Å². The van der Waals surface area contributed by atoms with Gasteiger partial charge in [0.25, 0.3) is 5.91 Å². The van der Waals surface area contributed by atoms with E-state index in [2.05, 4.69) is 40.4 Å². The summed E-state index contributed by atoms with van der Waals surface area (Å²) in [6.07, 6.45) is 0.975. The molecule has 1 fully saturated rings. The molecule has 0 aromatic heterocycles. The predicted octanol–water partition coefficient (Wildman–Crippen LogP) is 2.57. The molecule has 1 heterocycles. The minimum Gasteiger partial charge on any atom is -0.349 e. The van der Waals surface area contributed by atoms with Crippen LogP contribution in [0.2, 0.25) is 0 Å². The fourth-order valence-electron chi connectivity index (χ4n) is 2.32. The number of rotatable bonds is 2. The largest absolute Gasteiger partial charge is 0.349 e. The average molecular weight is 311 g/mol. The maximum atomic E-state index is 12.3. The monoisotopic (exact) mass is 310 g/mol. The third-order valence-electron chi connectivity index (χ3n) is 3.56. The lowest BCUT2D eigenvalue weighted by Gasteiger charge is -2.39. The van der Waals surface area contributed by atoms with Crippen molar-refractivity contribution in [3.8, 4) is 0 Å². The van der Waals surface area contributed by atoms with Crippen molar-refractivity contribution in [2.75, 3.05) is 13.1 Å². The molecule has 0 aliphatic carbocycles. The number of piperidine rings is 1. The van der Waals surface area contributed by atoms with Crippen LogP contribution in [0.15, 0.2) is 28.7 Å². The van der Waals surface area contributed by atoms with Gasteiger partial charge < -0.3 is 10.6 Å². The Morgan fingerprint density at radius 2 is 2.17 bits per heavy atom. The molecule has 98 valence electrons. The highest BCUT2D eigenvalue weighted by Crippen LogP contribution is 2.26. The molecule has 1 saturated heterocycles. The van der Waals surface area contributed by atoms with E-state index in [0.717, 1.165) is 24.0 Å². The van der Waals surface area contributed by atoms with Gasteiger partial charge in [-0.05, 0) is 46.4 Å². The summed E-state index contributed by atoms with van der Waals surface area (Å²) in [7, 11) is 0. The number of carbonyl (C=O) groups is 1. The van der Waals surface area contributed by atoms with Gasteiger partial charge in [-0.2, -0.15) is 0 Å². The van der Waals surface area contributed by atoms with E-state index in [1.807, 2.05) is 24.3 Å². The summed E-state index contributed by atoms with van der Waals surface area (Å²) in [6.45, 7) is 6.27. The van der Waals surface area contributed by atoms with Crippen molar-refractivity contribution in [1.82, 2.24) is 10.6 Å². The van der Waals surface area contributed by atoms with Gasteiger partial charge in [-0.15, -0.1) is 0 Å². The number of halogens is 1. The number of hydrogen-bond acceptors (Lipinski definition) is 2. The second kappa shape index (κ2) is 5.41. The molecular weight excluding hydrogens is 292 g/mol. The van der Waals surface area contributed by atoms with Crippen LogP contribution < -0.4 is 10.6 Å². The predicted molar refractivity (Wildman–Crippen MR) is 76.7 cm³/mol. The van der Waals surface area contributed by atoms with Crippen LogP contribution in [0.3, 0.4) is 0 Å². The Labute approximate surface area is 116 Å². The van der Waals surface area contributed by atoms with Crippen molar-refractivity contribution < 1.29 is 4.79 Å². The summed E-state index contributed by atoms with van der Waals surface area (Å²) in [6, 6.07) is 7.75. The SMILES string of the molecule is CC1(C)CNCCC1NC(=O)c1ccccc1Br. The zero-order chi connectivity index (χ0) is 13.2. The van der Waals surface area contributed by atoms with E-state index in [-0.39, 0.29) is 17.4 Å². The van der Waals surface area contributed by atoms with Crippen LogP contribution in [0.1, 0.15) is 30.6 Å². The minimum absolute atomic E-state index is 0.00227. The summed E-state index contributed by atoms with van der Waals surface area (Å²) < 4.78 is 0.842. The van der Waals surface area contributed by atoms with Crippen LogP contribution >= 0.6 is 15.9 Å². The van der Waals surface area contributed by atoms with Crippen LogP contribution in [0.25, 0.3) is 0 Å². The van der Waals surface area contributed by atoms with Crippen molar-refractivity contribution in [1.29, 1.82) is 0 Å². The molecule has 1 atom stereocenters. The summed E-state index contributed by atoms with van der Waals surface area (Å²) in [5.41, 5.74) is 0.793. The Balaban J connectivity index is 2.10. The molecule has 0 bridgehead atoms. The van der Waals surface area contributed by atoms with Gasteiger partial charge >= 0.3 is 0 Å². The normalized spacial score (nSPS) is 22.5. The lowest BCUT2D eigenvalue weighted by atomic mass is 9.80. The van der Waals surface area contributed by atoms with E-state index in [9.17, 15) is 4.79 Å². The highest BCUT2D eigenvalue weighted by molar-refractivity contribution is 9.10. The molecule has 1 aliphatic heterocycles. The molecule has 1 unspecified atom stereocenters. The smallest absolute Gasteiger partial charge is 0.252 e. The molecule has 1 aromatic rings. The molecular formula is C14H19BrN2O. The van der Waals surface area contributed by atoms with Crippen molar-refractivity contribution in [3.05, 3.63) is 34.3 Å². The molecule has 1 aliphatic rings. The molecule has 0 spiro atoms. The van der Waals surface area contributed by atoms with Gasteiger partial charge in [0.15, 0.2) is 0 Å². The van der Waals surface area contributed by atoms with Gasteiger partial charge in [0.1, 0.15) is 0 Å². The van der Waals surface area contributed by atoms with Crippen LogP contribution in [0, 0.1) is 5.41 Å². The zero-order valence-corrected chi connectivity index (χ0v) is 12.4. The lowest BCUT2D eigenvalue weighted by Crippen LogP contribution is -2.54. The van der Waals surface area contributed by atoms with Crippen LogP contribution in [0.5, 0.6) is 0 Å². The van der Waals surface area contributed by atoms with Gasteiger partial charge in [-0.1, -0.05) is 26.0 Å². The van der Waals surface area contributed by atoms with Crippen molar-refractivity contribution >= 4 is 21.8 Å². The molecule has 1 aromatic carbocycles. The first-order valence-corrected chi connectivity index (χ1v) is 7.06. The quantitative estimate of drug-likeness (QED) is 0.881. The molecule has 2 rings (SSSR count). The summed E-state index contributed by atoms with van der Waals surface area (Å²) in [4.78, 5) is 12.3. The fourth-order valence-corrected chi connectivity index (χ4v) is 2.78. The third-order valence-corrected chi connectivity index (χ3v) is 4.25. The topological polar surface area (TPSA) is 41.1 Å². The van der Waals surface area contributed by atoms with Gasteiger partial charge in [0.05, 0.1) is 5.56 Å². The summed E-state index contributed by atoms with van der Waals surface area (Å²) in [5, 5.41) is 6.53. The first-order valence-electron chi connectivity index (χ1n) is 6.27. The number of carbonyl (C=O) groups excluding carboxylic acids is 1.